The number of nitrogens with one attached hydrogen (secondary N) is 1. The highest BCUT2D eigenvalue weighted by atomic mass is 32.1. The molecule has 1 fully saturated rings. The summed E-state index contributed by atoms with van der Waals surface area (Å²) in [7, 11) is 0. The lowest BCUT2D eigenvalue weighted by Crippen LogP contribution is -2.37. The average Bonchev–Trinajstić information content (AvgIpc) is 3.35. The number of carbonyl (C=O) groups excluding carboxylic acids is 2. The predicted molar refractivity (Wildman–Crippen MR) is 98.4 cm³/mol. The largest absolute Gasteiger partial charge is 0.353 e. The Kier molecular flexibility index (Phi) is 4.57. The van der Waals surface area contributed by atoms with Gasteiger partial charge in [0.05, 0.1) is 12.5 Å². The van der Waals surface area contributed by atoms with Crippen LogP contribution in [0.4, 0.5) is 0 Å². The van der Waals surface area contributed by atoms with E-state index in [9.17, 15) is 9.59 Å². The molecule has 0 radical (unpaired) electrons. The second-order valence-corrected chi connectivity index (χ2v) is 7.85. The molecule has 0 bridgehead atoms. The molecule has 5 heteroatoms. The summed E-state index contributed by atoms with van der Waals surface area (Å²) in [5, 5.41) is 5.16. The molecule has 0 saturated heterocycles. The van der Waals surface area contributed by atoms with Gasteiger partial charge in [-0.2, -0.15) is 0 Å². The molecule has 4 nitrogen and oxygen atoms in total. The molecule has 2 aliphatic rings. The van der Waals surface area contributed by atoms with Crippen LogP contribution >= 0.6 is 11.3 Å². The van der Waals surface area contributed by atoms with Gasteiger partial charge in [0, 0.05) is 23.0 Å². The Morgan fingerprint density at radius 1 is 1.20 bits per heavy atom. The van der Waals surface area contributed by atoms with Crippen molar-refractivity contribution in [1.29, 1.82) is 0 Å². The van der Waals surface area contributed by atoms with E-state index in [4.69, 9.17) is 0 Å². The summed E-state index contributed by atoms with van der Waals surface area (Å²) in [5.74, 6) is 0.0803. The monoisotopic (exact) mass is 354 g/mol. The molecule has 25 heavy (non-hydrogen) atoms. The summed E-state index contributed by atoms with van der Waals surface area (Å²) >= 11 is 1.61. The van der Waals surface area contributed by atoms with Crippen molar-refractivity contribution in [3.63, 3.8) is 0 Å². The second kappa shape index (κ2) is 7.00. The van der Waals surface area contributed by atoms with Crippen LogP contribution in [0.5, 0.6) is 0 Å². The van der Waals surface area contributed by atoms with Crippen LogP contribution in [0.15, 0.2) is 41.8 Å². The van der Waals surface area contributed by atoms with E-state index in [2.05, 4.69) is 5.32 Å². The third-order valence-electron chi connectivity index (χ3n) is 5.20. The minimum absolute atomic E-state index is 0.0302. The number of hydrogen-bond donors (Lipinski definition) is 1. The lowest BCUT2D eigenvalue weighted by Gasteiger charge is -2.27. The minimum atomic E-state index is -0.193. The fraction of sp³-hybridized carbons (Fsp3) is 0.400. The number of benzene rings is 1. The van der Waals surface area contributed by atoms with Crippen LogP contribution in [0.1, 0.15) is 58.9 Å². The smallest absolute Gasteiger partial charge is 0.255 e. The molecule has 130 valence electrons. The van der Waals surface area contributed by atoms with Gasteiger partial charge in [-0.1, -0.05) is 37.1 Å². The van der Waals surface area contributed by atoms with Crippen molar-refractivity contribution in [2.45, 2.75) is 50.7 Å². The molecule has 1 aromatic carbocycles. The average molecular weight is 354 g/mol. The predicted octanol–water partition coefficient (Wildman–Crippen LogP) is 3.89. The van der Waals surface area contributed by atoms with E-state index in [-0.39, 0.29) is 17.9 Å². The molecule has 1 aliphatic heterocycles. The molecule has 1 aromatic heterocycles. The molecular weight excluding hydrogens is 332 g/mol. The van der Waals surface area contributed by atoms with E-state index in [0.717, 1.165) is 28.8 Å². The van der Waals surface area contributed by atoms with Crippen molar-refractivity contribution in [2.24, 2.45) is 0 Å². The quantitative estimate of drug-likeness (QED) is 0.885. The molecular formula is C20H22N2O2S. The van der Waals surface area contributed by atoms with Crippen LogP contribution in [0.25, 0.3) is 0 Å². The van der Waals surface area contributed by atoms with Gasteiger partial charge in [0.1, 0.15) is 0 Å². The lowest BCUT2D eigenvalue weighted by molar-refractivity contribution is -0.122. The van der Waals surface area contributed by atoms with Gasteiger partial charge in [-0.15, -0.1) is 11.3 Å². The molecule has 2 amide bonds. The fourth-order valence-corrected chi connectivity index (χ4v) is 4.75. The zero-order valence-electron chi connectivity index (χ0n) is 14.1. The van der Waals surface area contributed by atoms with Gasteiger partial charge in [0.15, 0.2) is 0 Å². The Morgan fingerprint density at radius 3 is 2.72 bits per heavy atom. The maximum absolute atomic E-state index is 12.9. The van der Waals surface area contributed by atoms with Crippen LogP contribution in [0.3, 0.4) is 0 Å². The number of amides is 2. The van der Waals surface area contributed by atoms with Crippen molar-refractivity contribution >= 4 is 23.2 Å². The normalized spacial score (nSPS) is 18.4. The maximum Gasteiger partial charge on any atom is 0.255 e. The summed E-state index contributed by atoms with van der Waals surface area (Å²) in [4.78, 5) is 28.4. The van der Waals surface area contributed by atoms with Crippen molar-refractivity contribution in [2.75, 3.05) is 0 Å². The third kappa shape index (κ3) is 3.33. The van der Waals surface area contributed by atoms with Crippen molar-refractivity contribution < 1.29 is 9.59 Å². The first-order valence-electron chi connectivity index (χ1n) is 8.94. The van der Waals surface area contributed by atoms with Crippen LogP contribution in [0, 0.1) is 0 Å². The Labute approximate surface area is 151 Å². The standard InChI is InChI=1S/C20H22N2O2S/c23-19(21-15-7-2-3-8-15)12-17(18-10-5-11-25-18)22-13-14-6-1-4-9-16(14)20(22)24/h1,4-6,9-11,15,17H,2-3,7-8,12-13H2,(H,21,23)/t17-/m1/s1. The number of fused-ring (bicyclic) bond motifs is 1. The topological polar surface area (TPSA) is 49.4 Å². The summed E-state index contributed by atoms with van der Waals surface area (Å²) < 4.78 is 0. The zero-order valence-corrected chi connectivity index (χ0v) is 14.9. The minimum Gasteiger partial charge on any atom is -0.353 e. The number of rotatable bonds is 5. The zero-order chi connectivity index (χ0) is 17.2. The van der Waals surface area contributed by atoms with Gasteiger partial charge in [-0.25, -0.2) is 0 Å². The molecule has 2 heterocycles. The van der Waals surface area contributed by atoms with Gasteiger partial charge < -0.3 is 10.2 Å². The maximum atomic E-state index is 12.9. The number of nitrogens with zero attached hydrogens (tertiary/aromatic N) is 1. The second-order valence-electron chi connectivity index (χ2n) is 6.87. The van der Waals surface area contributed by atoms with E-state index in [0.29, 0.717) is 19.0 Å². The SMILES string of the molecule is O=C(C[C@H](c1cccs1)N1Cc2ccccc2C1=O)NC1CCCC1. The molecule has 1 N–H and O–H groups in total. The molecule has 4 rings (SSSR count). The summed E-state index contributed by atoms with van der Waals surface area (Å²) in [5.41, 5.74) is 1.81. The van der Waals surface area contributed by atoms with Crippen molar-refractivity contribution in [1.82, 2.24) is 10.2 Å². The van der Waals surface area contributed by atoms with Crippen LogP contribution in [-0.2, 0) is 11.3 Å². The molecule has 1 saturated carbocycles. The van der Waals surface area contributed by atoms with Gasteiger partial charge >= 0.3 is 0 Å². The van der Waals surface area contributed by atoms with Crippen LogP contribution in [0.2, 0.25) is 0 Å². The Balaban J connectivity index is 1.53. The molecule has 0 spiro atoms. The Bertz CT molecular complexity index is 766. The molecule has 1 atom stereocenters. The number of hydrogen-bond acceptors (Lipinski definition) is 3. The fourth-order valence-electron chi connectivity index (χ4n) is 3.91. The summed E-state index contributed by atoms with van der Waals surface area (Å²) in [6, 6.07) is 11.9. The van der Waals surface area contributed by atoms with Gasteiger partial charge in [0.2, 0.25) is 5.91 Å². The van der Waals surface area contributed by atoms with E-state index >= 15 is 0 Å². The summed E-state index contributed by atoms with van der Waals surface area (Å²) in [6.07, 6.45) is 4.86. The number of thiophene rings is 1. The first-order valence-corrected chi connectivity index (χ1v) is 9.82. The van der Waals surface area contributed by atoms with E-state index in [1.807, 2.05) is 46.7 Å². The van der Waals surface area contributed by atoms with E-state index in [1.54, 1.807) is 11.3 Å². The van der Waals surface area contributed by atoms with Gasteiger partial charge in [-0.3, -0.25) is 9.59 Å². The third-order valence-corrected chi connectivity index (χ3v) is 6.17. The molecule has 2 aromatic rings. The highest BCUT2D eigenvalue weighted by molar-refractivity contribution is 7.10. The van der Waals surface area contributed by atoms with E-state index < -0.39 is 0 Å². The first-order chi connectivity index (χ1) is 12.2. The van der Waals surface area contributed by atoms with Crippen molar-refractivity contribution in [3.8, 4) is 0 Å². The van der Waals surface area contributed by atoms with Crippen LogP contribution < -0.4 is 5.32 Å². The molecule has 1 aliphatic carbocycles. The van der Waals surface area contributed by atoms with Gasteiger partial charge in [0.25, 0.3) is 5.91 Å². The van der Waals surface area contributed by atoms with Gasteiger partial charge in [-0.05, 0) is 35.9 Å². The molecule has 0 unspecified atom stereocenters. The number of carbonyl (C=O) groups is 2. The van der Waals surface area contributed by atoms with Crippen molar-refractivity contribution in [3.05, 3.63) is 57.8 Å². The highest BCUT2D eigenvalue weighted by Crippen LogP contribution is 2.35. The Hall–Kier alpha value is -2.14. The first kappa shape index (κ1) is 16.3. The van der Waals surface area contributed by atoms with Crippen LogP contribution in [-0.4, -0.2) is 22.8 Å². The van der Waals surface area contributed by atoms with E-state index in [1.165, 1.54) is 12.8 Å². The Morgan fingerprint density at radius 2 is 2.00 bits per heavy atom. The lowest BCUT2D eigenvalue weighted by atomic mass is 10.1. The highest BCUT2D eigenvalue weighted by Gasteiger charge is 2.35. The summed E-state index contributed by atoms with van der Waals surface area (Å²) in [6.45, 7) is 0.578.